The summed E-state index contributed by atoms with van der Waals surface area (Å²) in [5.41, 5.74) is 0.958. The fourth-order valence-corrected chi connectivity index (χ4v) is 5.88. The topological polar surface area (TPSA) is 88.8 Å². The lowest BCUT2D eigenvalue weighted by molar-refractivity contribution is 0.0997. The number of furan rings is 1. The van der Waals surface area contributed by atoms with Crippen LogP contribution in [0.3, 0.4) is 0 Å². The third-order valence-corrected chi connectivity index (χ3v) is 8.30. The molecule has 1 heterocycles. The van der Waals surface area contributed by atoms with Gasteiger partial charge in [0.2, 0.25) is 10.0 Å². The molecule has 8 heteroatoms. The van der Waals surface area contributed by atoms with Crippen LogP contribution in [0.4, 0.5) is 0 Å². The Balaban J connectivity index is 1.54. The van der Waals surface area contributed by atoms with Crippen molar-refractivity contribution in [2.45, 2.75) is 77.0 Å². The number of hydrogen-bond donors (Lipinski definition) is 1. The summed E-state index contributed by atoms with van der Waals surface area (Å²) in [5, 5.41) is 0.531. The normalized spacial score (nSPS) is 11.9. The molecule has 0 radical (unpaired) electrons. The van der Waals surface area contributed by atoms with Crippen LogP contribution in [0, 0.1) is 0 Å². The molecule has 0 saturated heterocycles. The van der Waals surface area contributed by atoms with E-state index in [1.54, 1.807) is 42.5 Å². The highest BCUT2D eigenvalue weighted by atomic mass is 32.2. The van der Waals surface area contributed by atoms with E-state index >= 15 is 0 Å². The minimum absolute atomic E-state index is 0.131. The van der Waals surface area contributed by atoms with Gasteiger partial charge in [-0.05, 0) is 75.2 Å². The number of nitrogens with one attached hydrogen (secondary N) is 1. The summed E-state index contributed by atoms with van der Waals surface area (Å²) in [6.07, 6.45) is 8.02. The van der Waals surface area contributed by atoms with Crippen molar-refractivity contribution in [3.05, 3.63) is 59.9 Å². The summed E-state index contributed by atoms with van der Waals surface area (Å²) in [4.78, 5) is 15.4. The van der Waals surface area contributed by atoms with Gasteiger partial charge in [-0.15, -0.1) is 0 Å². The number of rotatable bonds is 19. The molecule has 39 heavy (non-hydrogen) atoms. The number of ether oxygens (including phenoxy) is 1. The fraction of sp³-hybridized carbons (Fsp3) is 0.516. The second-order valence-electron chi connectivity index (χ2n) is 9.98. The Morgan fingerprint density at radius 3 is 2.18 bits per heavy atom. The van der Waals surface area contributed by atoms with Crippen LogP contribution in [0.5, 0.6) is 5.75 Å². The first-order valence-corrected chi connectivity index (χ1v) is 15.9. The van der Waals surface area contributed by atoms with E-state index in [9.17, 15) is 13.2 Å². The molecule has 0 bridgehead atoms. The summed E-state index contributed by atoms with van der Waals surface area (Å²) >= 11 is 0. The van der Waals surface area contributed by atoms with Crippen molar-refractivity contribution in [2.24, 2.45) is 0 Å². The molecular formula is C31H44N2O5S. The van der Waals surface area contributed by atoms with E-state index in [2.05, 4.69) is 23.5 Å². The van der Waals surface area contributed by atoms with Crippen molar-refractivity contribution < 1.29 is 22.4 Å². The number of Topliss-reactive ketones (excluding diaryl/α,β-unsaturated/α-hetero) is 1. The van der Waals surface area contributed by atoms with Crippen LogP contribution in [0.2, 0.25) is 0 Å². The predicted molar refractivity (Wildman–Crippen MR) is 157 cm³/mol. The average molecular weight is 557 g/mol. The molecule has 1 aromatic heterocycles. The Labute approximate surface area is 234 Å². The average Bonchev–Trinajstić information content (AvgIpc) is 3.33. The number of ketones is 1. The number of nitrogens with zero attached hydrogens (tertiary/aromatic N) is 1. The number of benzene rings is 2. The summed E-state index contributed by atoms with van der Waals surface area (Å²) in [6.45, 7) is 10.0. The van der Waals surface area contributed by atoms with E-state index in [0.29, 0.717) is 41.1 Å². The molecule has 0 aliphatic heterocycles. The highest BCUT2D eigenvalue weighted by Crippen LogP contribution is 2.31. The van der Waals surface area contributed by atoms with Gasteiger partial charge in [-0.1, -0.05) is 52.2 Å². The van der Waals surface area contributed by atoms with Gasteiger partial charge in [-0.3, -0.25) is 4.79 Å². The van der Waals surface area contributed by atoms with Crippen LogP contribution in [0.15, 0.2) is 57.8 Å². The molecule has 0 aliphatic rings. The van der Waals surface area contributed by atoms with Crippen molar-refractivity contribution in [1.82, 2.24) is 9.62 Å². The molecule has 0 aliphatic carbocycles. The molecule has 7 nitrogen and oxygen atoms in total. The zero-order valence-electron chi connectivity index (χ0n) is 23.7. The van der Waals surface area contributed by atoms with Crippen LogP contribution in [0.1, 0.15) is 81.8 Å². The highest BCUT2D eigenvalue weighted by Gasteiger charge is 2.26. The zero-order valence-corrected chi connectivity index (χ0v) is 24.5. The first-order valence-electron chi connectivity index (χ1n) is 14.4. The Morgan fingerprint density at radius 2 is 1.51 bits per heavy atom. The van der Waals surface area contributed by atoms with E-state index in [-0.39, 0.29) is 17.2 Å². The van der Waals surface area contributed by atoms with Crippen molar-refractivity contribution in [2.75, 3.05) is 32.8 Å². The third-order valence-electron chi connectivity index (χ3n) is 6.79. The number of carbonyl (C=O) groups is 1. The van der Waals surface area contributed by atoms with Crippen molar-refractivity contribution in [3.8, 4) is 5.75 Å². The first-order chi connectivity index (χ1) is 18.9. The van der Waals surface area contributed by atoms with Gasteiger partial charge in [-0.2, -0.15) is 0 Å². The summed E-state index contributed by atoms with van der Waals surface area (Å²) < 4.78 is 40.7. The molecule has 3 rings (SSSR count). The van der Waals surface area contributed by atoms with E-state index < -0.39 is 10.0 Å². The van der Waals surface area contributed by atoms with Crippen LogP contribution in [0.25, 0.3) is 11.0 Å². The zero-order chi connectivity index (χ0) is 28.1. The smallest absolute Gasteiger partial charge is 0.245 e. The molecule has 0 atom stereocenters. The van der Waals surface area contributed by atoms with Gasteiger partial charge < -0.3 is 14.1 Å². The van der Waals surface area contributed by atoms with Crippen LogP contribution in [-0.2, 0) is 16.4 Å². The van der Waals surface area contributed by atoms with Crippen molar-refractivity contribution >= 4 is 26.8 Å². The molecule has 0 saturated carbocycles. The lowest BCUT2D eigenvalue weighted by Gasteiger charge is -2.21. The SMILES string of the molecule is CCCCc1oc2ccccc2c1S(=O)(=O)NCC(=O)c1ccc(OCCCN(CCCC)CCCC)cc1. The van der Waals surface area contributed by atoms with Crippen molar-refractivity contribution in [1.29, 1.82) is 0 Å². The number of fused-ring (bicyclic) bond motifs is 1. The van der Waals surface area contributed by atoms with Gasteiger partial charge in [0.25, 0.3) is 0 Å². The Bertz CT molecular complexity index is 1260. The number of hydrogen-bond acceptors (Lipinski definition) is 6. The second-order valence-corrected chi connectivity index (χ2v) is 11.7. The maximum Gasteiger partial charge on any atom is 0.245 e. The Kier molecular flexibility index (Phi) is 12.5. The van der Waals surface area contributed by atoms with Crippen molar-refractivity contribution in [3.63, 3.8) is 0 Å². The third kappa shape index (κ3) is 9.19. The summed E-state index contributed by atoms with van der Waals surface area (Å²) in [5.74, 6) is 0.820. The van der Waals surface area contributed by atoms with Gasteiger partial charge in [-0.25, -0.2) is 13.1 Å². The van der Waals surface area contributed by atoms with Gasteiger partial charge in [0.1, 0.15) is 22.0 Å². The molecule has 0 fully saturated rings. The molecule has 3 aromatic rings. The molecule has 2 aromatic carbocycles. The quantitative estimate of drug-likeness (QED) is 0.132. The monoisotopic (exact) mass is 556 g/mol. The minimum atomic E-state index is -3.94. The fourth-order valence-electron chi connectivity index (χ4n) is 4.52. The van der Waals surface area contributed by atoms with Gasteiger partial charge in [0.15, 0.2) is 5.78 Å². The molecular weight excluding hydrogens is 512 g/mol. The highest BCUT2D eigenvalue weighted by molar-refractivity contribution is 7.89. The number of aryl methyl sites for hydroxylation is 1. The predicted octanol–water partition coefficient (Wildman–Crippen LogP) is 6.61. The van der Waals surface area contributed by atoms with Crippen LogP contribution in [-0.4, -0.2) is 51.9 Å². The van der Waals surface area contributed by atoms with Gasteiger partial charge in [0.05, 0.1) is 13.2 Å². The molecule has 0 spiro atoms. The molecule has 0 unspecified atom stereocenters. The molecule has 214 valence electrons. The molecule has 0 amide bonds. The van der Waals surface area contributed by atoms with Gasteiger partial charge in [0, 0.05) is 23.9 Å². The van der Waals surface area contributed by atoms with Crippen LogP contribution >= 0.6 is 0 Å². The number of para-hydroxylation sites is 1. The largest absolute Gasteiger partial charge is 0.494 e. The number of carbonyl (C=O) groups excluding carboxylic acids is 1. The number of unbranched alkanes of at least 4 members (excludes halogenated alkanes) is 3. The van der Waals surface area contributed by atoms with E-state index in [1.807, 2.05) is 13.0 Å². The van der Waals surface area contributed by atoms with E-state index in [1.165, 1.54) is 25.7 Å². The minimum Gasteiger partial charge on any atom is -0.494 e. The maximum absolute atomic E-state index is 13.2. The standard InChI is InChI=1S/C31H44N2O5S/c1-4-7-14-30-31(27-13-10-11-15-29(27)38-30)39(35,36)32-24-28(34)25-16-18-26(19-17-25)37-23-12-22-33(20-8-5-2)21-9-6-3/h10-11,13,15-19,32H,4-9,12,14,20-24H2,1-3H3. The lowest BCUT2D eigenvalue weighted by Crippen LogP contribution is -2.30. The van der Waals surface area contributed by atoms with Gasteiger partial charge >= 0.3 is 0 Å². The maximum atomic E-state index is 13.2. The first kappa shape index (κ1) is 30.9. The molecule has 1 N–H and O–H groups in total. The van der Waals surface area contributed by atoms with E-state index in [0.717, 1.165) is 38.9 Å². The Hall–Kier alpha value is -2.68. The lowest BCUT2D eigenvalue weighted by atomic mass is 10.1. The van der Waals surface area contributed by atoms with E-state index in [4.69, 9.17) is 9.15 Å². The second kappa shape index (κ2) is 15.8. The Morgan fingerprint density at radius 1 is 0.872 bits per heavy atom. The summed E-state index contributed by atoms with van der Waals surface area (Å²) in [7, 11) is -3.94. The number of sulfonamides is 1. The summed E-state index contributed by atoms with van der Waals surface area (Å²) in [6, 6.07) is 14.0. The van der Waals surface area contributed by atoms with Crippen LogP contribution < -0.4 is 9.46 Å².